The van der Waals surface area contributed by atoms with Crippen molar-refractivity contribution in [3.63, 3.8) is 0 Å². The Morgan fingerprint density at radius 3 is 2.56 bits per heavy atom. The van der Waals surface area contributed by atoms with Crippen molar-refractivity contribution in [2.45, 2.75) is 19.3 Å². The maximum atomic E-state index is 12.4. The predicted molar refractivity (Wildman–Crippen MR) is 97.7 cm³/mol. The quantitative estimate of drug-likeness (QED) is 0.707. The fourth-order valence-electron chi connectivity index (χ4n) is 2.88. The molecule has 0 aliphatic carbocycles. The molecule has 1 aliphatic heterocycles. The van der Waals surface area contributed by atoms with Gasteiger partial charge in [-0.05, 0) is 17.7 Å². The zero-order chi connectivity index (χ0) is 17.2. The zero-order valence-electron chi connectivity index (χ0n) is 13.6. The minimum Gasteiger partial charge on any atom is -0.370 e. The molecule has 1 amide bonds. The second kappa shape index (κ2) is 6.82. The van der Waals surface area contributed by atoms with Crippen molar-refractivity contribution in [2.75, 3.05) is 13.1 Å². The van der Waals surface area contributed by atoms with E-state index in [1.807, 2.05) is 48.5 Å². The Morgan fingerprint density at radius 2 is 1.80 bits per heavy atom. The number of likely N-dealkylation sites (tertiary alicyclic amines) is 1. The van der Waals surface area contributed by atoms with E-state index in [0.717, 1.165) is 10.3 Å². The number of carbonyl (C=O) groups excluding carboxylic acids is 1. The van der Waals surface area contributed by atoms with E-state index in [1.165, 1.54) is 15.5 Å². The maximum absolute atomic E-state index is 12.4. The summed E-state index contributed by atoms with van der Waals surface area (Å²) in [5.74, 6) is -0.0341. The van der Waals surface area contributed by atoms with Crippen LogP contribution in [0.15, 0.2) is 59.4 Å². The molecule has 5 nitrogen and oxygen atoms in total. The lowest BCUT2D eigenvalue weighted by atomic mass is 10.1. The van der Waals surface area contributed by atoms with Crippen LogP contribution >= 0.6 is 11.5 Å². The Bertz CT molecular complexity index is 942. The van der Waals surface area contributed by atoms with Crippen LogP contribution in [-0.4, -0.2) is 34.0 Å². The fraction of sp³-hybridized carbons (Fsp3) is 0.263. The van der Waals surface area contributed by atoms with E-state index in [9.17, 15) is 9.59 Å². The number of rotatable bonds is 5. The monoisotopic (exact) mass is 354 g/mol. The van der Waals surface area contributed by atoms with Crippen LogP contribution in [0.5, 0.6) is 0 Å². The van der Waals surface area contributed by atoms with Crippen molar-refractivity contribution in [3.8, 4) is 0 Å². The molecule has 2 heterocycles. The number of nitrogens with zero attached hydrogens (tertiary/aromatic N) is 2. The number of hydrogen-bond acceptors (Lipinski definition) is 4. The number of aromatic nitrogens is 1. The number of fused-ring (bicyclic) bond motifs is 1. The van der Waals surface area contributed by atoms with Gasteiger partial charge in [0.2, 0.25) is 5.91 Å². The fourth-order valence-corrected chi connectivity index (χ4v) is 3.87. The highest BCUT2D eigenvalue weighted by Crippen LogP contribution is 2.18. The first kappa shape index (κ1) is 16.1. The molecule has 25 heavy (non-hydrogen) atoms. The van der Waals surface area contributed by atoms with Gasteiger partial charge < -0.3 is 9.64 Å². The Labute approximate surface area is 149 Å². The van der Waals surface area contributed by atoms with Gasteiger partial charge in [0.1, 0.15) is 6.54 Å². The van der Waals surface area contributed by atoms with Gasteiger partial charge in [-0.25, -0.2) is 0 Å². The molecule has 1 aliphatic rings. The molecule has 0 bridgehead atoms. The van der Waals surface area contributed by atoms with Crippen LogP contribution in [-0.2, 0) is 22.7 Å². The smallest absolute Gasteiger partial charge is 0.268 e. The lowest BCUT2D eigenvalue weighted by Gasteiger charge is -2.38. The molecular weight excluding hydrogens is 336 g/mol. The number of hydrogen-bond donors (Lipinski definition) is 0. The summed E-state index contributed by atoms with van der Waals surface area (Å²) in [4.78, 5) is 26.4. The van der Waals surface area contributed by atoms with E-state index < -0.39 is 0 Å². The standard InChI is InChI=1S/C19H18N2O3S/c22-18(12-21-19(23)16-8-4-5-9-17(16)25-21)20-10-15(11-20)24-13-14-6-2-1-3-7-14/h1-9,15H,10-13H2. The summed E-state index contributed by atoms with van der Waals surface area (Å²) in [7, 11) is 0. The molecule has 2 aromatic carbocycles. The molecular formula is C19H18N2O3S. The minimum atomic E-state index is -0.0913. The average Bonchev–Trinajstić information content (AvgIpc) is 2.91. The molecule has 1 fully saturated rings. The number of ether oxygens (including phenoxy) is 1. The lowest BCUT2D eigenvalue weighted by Crippen LogP contribution is -2.55. The molecule has 3 aromatic rings. The van der Waals surface area contributed by atoms with Gasteiger partial charge in [-0.1, -0.05) is 54.0 Å². The third kappa shape index (κ3) is 3.36. The molecule has 0 atom stereocenters. The Kier molecular flexibility index (Phi) is 4.38. The Morgan fingerprint density at radius 1 is 1.08 bits per heavy atom. The van der Waals surface area contributed by atoms with E-state index in [1.54, 1.807) is 11.0 Å². The molecule has 0 spiro atoms. The molecule has 1 aromatic heterocycles. The summed E-state index contributed by atoms with van der Waals surface area (Å²) in [5, 5.41) is 0.674. The zero-order valence-corrected chi connectivity index (χ0v) is 14.4. The van der Waals surface area contributed by atoms with Gasteiger partial charge in [-0.3, -0.25) is 13.5 Å². The molecule has 6 heteroatoms. The third-order valence-corrected chi connectivity index (χ3v) is 5.43. The van der Waals surface area contributed by atoms with Crippen LogP contribution < -0.4 is 5.56 Å². The van der Waals surface area contributed by atoms with E-state index in [-0.39, 0.29) is 24.1 Å². The first-order chi connectivity index (χ1) is 12.2. The minimum absolute atomic E-state index is 0.0341. The van der Waals surface area contributed by atoms with Gasteiger partial charge in [-0.2, -0.15) is 0 Å². The number of benzene rings is 2. The first-order valence-electron chi connectivity index (χ1n) is 8.23. The van der Waals surface area contributed by atoms with E-state index in [2.05, 4.69) is 0 Å². The highest BCUT2D eigenvalue weighted by atomic mass is 32.1. The summed E-state index contributed by atoms with van der Waals surface area (Å²) in [6, 6.07) is 17.4. The van der Waals surface area contributed by atoms with Gasteiger partial charge in [-0.15, -0.1) is 0 Å². The van der Waals surface area contributed by atoms with Crippen LogP contribution in [0.25, 0.3) is 10.1 Å². The van der Waals surface area contributed by atoms with Crippen LogP contribution in [0.2, 0.25) is 0 Å². The average molecular weight is 354 g/mol. The van der Waals surface area contributed by atoms with Crippen molar-refractivity contribution in [1.82, 2.24) is 8.86 Å². The third-order valence-electron chi connectivity index (χ3n) is 4.36. The van der Waals surface area contributed by atoms with Crippen molar-refractivity contribution < 1.29 is 9.53 Å². The van der Waals surface area contributed by atoms with Crippen molar-refractivity contribution >= 4 is 27.5 Å². The molecule has 128 valence electrons. The lowest BCUT2D eigenvalue weighted by molar-refractivity contribution is -0.146. The van der Waals surface area contributed by atoms with Gasteiger partial charge in [0.05, 0.1) is 22.8 Å². The van der Waals surface area contributed by atoms with Gasteiger partial charge >= 0.3 is 0 Å². The van der Waals surface area contributed by atoms with Crippen molar-refractivity contribution in [3.05, 3.63) is 70.5 Å². The van der Waals surface area contributed by atoms with E-state index in [4.69, 9.17) is 4.74 Å². The summed E-state index contributed by atoms with van der Waals surface area (Å²) < 4.78 is 8.25. The van der Waals surface area contributed by atoms with Crippen molar-refractivity contribution in [1.29, 1.82) is 0 Å². The van der Waals surface area contributed by atoms with Crippen molar-refractivity contribution in [2.24, 2.45) is 0 Å². The highest BCUT2D eigenvalue weighted by molar-refractivity contribution is 7.13. The molecule has 4 rings (SSSR count). The summed E-state index contributed by atoms with van der Waals surface area (Å²) in [6.45, 7) is 1.84. The second-order valence-electron chi connectivity index (χ2n) is 6.15. The first-order valence-corrected chi connectivity index (χ1v) is 9.00. The molecule has 0 saturated carbocycles. The molecule has 1 saturated heterocycles. The van der Waals surface area contributed by atoms with Crippen LogP contribution in [0.3, 0.4) is 0 Å². The molecule has 0 unspecified atom stereocenters. The van der Waals surface area contributed by atoms with Gasteiger partial charge in [0.15, 0.2) is 0 Å². The highest BCUT2D eigenvalue weighted by Gasteiger charge is 2.31. The largest absolute Gasteiger partial charge is 0.370 e. The number of carbonyl (C=O) groups is 1. The SMILES string of the molecule is O=C(Cn1sc2ccccc2c1=O)N1CC(OCc2ccccc2)C1. The van der Waals surface area contributed by atoms with Gasteiger partial charge in [0, 0.05) is 13.1 Å². The van der Waals surface area contributed by atoms with Crippen LogP contribution in [0.4, 0.5) is 0 Å². The van der Waals surface area contributed by atoms with Crippen LogP contribution in [0.1, 0.15) is 5.56 Å². The summed E-state index contributed by atoms with van der Waals surface area (Å²) in [6.07, 6.45) is 0.0725. The maximum Gasteiger partial charge on any atom is 0.268 e. The normalized spacial score (nSPS) is 14.6. The Hall–Kier alpha value is -2.44. The van der Waals surface area contributed by atoms with Crippen LogP contribution in [0, 0.1) is 0 Å². The number of amides is 1. The Balaban J connectivity index is 1.31. The van der Waals surface area contributed by atoms with E-state index >= 15 is 0 Å². The summed E-state index contributed by atoms with van der Waals surface area (Å²) >= 11 is 1.34. The summed E-state index contributed by atoms with van der Waals surface area (Å²) in [5.41, 5.74) is 1.04. The second-order valence-corrected chi connectivity index (χ2v) is 7.21. The predicted octanol–water partition coefficient (Wildman–Crippen LogP) is 2.49. The molecule has 0 radical (unpaired) electrons. The molecule has 0 N–H and O–H groups in total. The van der Waals surface area contributed by atoms with Gasteiger partial charge in [0.25, 0.3) is 5.56 Å². The van der Waals surface area contributed by atoms with E-state index in [0.29, 0.717) is 25.1 Å². The topological polar surface area (TPSA) is 51.5 Å².